The number of aromatic nitrogens is 2. The summed E-state index contributed by atoms with van der Waals surface area (Å²) in [4.78, 5) is 10.7. The highest BCUT2D eigenvalue weighted by atomic mass is 16.1. The molecule has 4 nitrogen and oxygen atoms in total. The van der Waals surface area contributed by atoms with Crippen LogP contribution in [-0.4, -0.2) is 16.1 Å². The van der Waals surface area contributed by atoms with Crippen LogP contribution >= 0.6 is 0 Å². The van der Waals surface area contributed by atoms with Crippen molar-refractivity contribution in [3.05, 3.63) is 30.0 Å². The molecule has 2 rings (SSSR count). The van der Waals surface area contributed by atoms with Crippen LogP contribution in [0.2, 0.25) is 0 Å². The average molecular weight is 219 g/mol. The van der Waals surface area contributed by atoms with E-state index in [0.717, 1.165) is 16.5 Å². The van der Waals surface area contributed by atoms with E-state index >= 15 is 0 Å². The lowest BCUT2D eigenvalue weighted by atomic mass is 10.2. The highest BCUT2D eigenvalue weighted by molar-refractivity contribution is 5.78. The van der Waals surface area contributed by atoms with E-state index in [9.17, 15) is 4.79 Å². The first-order valence-electron chi connectivity index (χ1n) is 5.42. The Hall–Kier alpha value is -1.84. The van der Waals surface area contributed by atoms with E-state index in [1.165, 1.54) is 6.92 Å². The minimum Gasteiger partial charge on any atom is -0.352 e. The van der Waals surface area contributed by atoms with Crippen molar-refractivity contribution >= 4 is 16.8 Å². The number of benzene rings is 1. The van der Waals surface area contributed by atoms with E-state index in [1.54, 1.807) is 6.20 Å². The van der Waals surface area contributed by atoms with E-state index < -0.39 is 0 Å². The summed E-state index contributed by atoms with van der Waals surface area (Å²) in [5, 5.41) is 10.6. The third-order valence-electron chi connectivity index (χ3n) is 2.05. The van der Waals surface area contributed by atoms with Gasteiger partial charge in [0.25, 0.3) is 0 Å². The molecule has 0 aliphatic rings. The maximum atomic E-state index is 10.7. The Bertz CT molecular complexity index is 462. The maximum Gasteiger partial charge on any atom is 0.217 e. The molecule has 86 valence electrons. The topological polar surface area (TPSA) is 57.8 Å². The van der Waals surface area contributed by atoms with E-state index in [1.807, 2.05) is 32.0 Å². The third-order valence-corrected chi connectivity index (χ3v) is 2.05. The van der Waals surface area contributed by atoms with Gasteiger partial charge in [0, 0.05) is 18.9 Å². The van der Waals surface area contributed by atoms with Gasteiger partial charge in [-0.1, -0.05) is 26.0 Å². The quantitative estimate of drug-likeness (QED) is 0.813. The Kier molecular flexibility index (Phi) is 4.51. The first-order valence-corrected chi connectivity index (χ1v) is 5.42. The van der Waals surface area contributed by atoms with Crippen LogP contribution in [0, 0.1) is 0 Å². The van der Waals surface area contributed by atoms with Gasteiger partial charge in [-0.2, -0.15) is 5.10 Å². The number of aromatic amines is 1. The van der Waals surface area contributed by atoms with Crippen LogP contribution in [0.25, 0.3) is 10.9 Å². The van der Waals surface area contributed by atoms with E-state index in [0.29, 0.717) is 6.54 Å². The predicted octanol–water partition coefficient (Wildman–Crippen LogP) is 2.23. The summed E-state index contributed by atoms with van der Waals surface area (Å²) in [6.07, 6.45) is 1.78. The Morgan fingerprint density at radius 3 is 2.88 bits per heavy atom. The molecule has 0 atom stereocenters. The number of rotatable bonds is 2. The van der Waals surface area contributed by atoms with Gasteiger partial charge >= 0.3 is 0 Å². The predicted molar refractivity (Wildman–Crippen MR) is 65.0 cm³/mol. The minimum absolute atomic E-state index is 0.0188. The van der Waals surface area contributed by atoms with Gasteiger partial charge in [0.05, 0.1) is 11.7 Å². The number of H-pyrrole nitrogens is 1. The molecule has 0 spiro atoms. The van der Waals surface area contributed by atoms with Crippen LogP contribution in [0.15, 0.2) is 24.4 Å². The van der Waals surface area contributed by atoms with Crippen molar-refractivity contribution in [2.24, 2.45) is 0 Å². The van der Waals surface area contributed by atoms with Crippen LogP contribution in [0.1, 0.15) is 26.3 Å². The van der Waals surface area contributed by atoms with Gasteiger partial charge < -0.3 is 5.32 Å². The molecule has 2 N–H and O–H groups in total. The second kappa shape index (κ2) is 5.90. The summed E-state index contributed by atoms with van der Waals surface area (Å²) in [6.45, 7) is 6.07. The van der Waals surface area contributed by atoms with E-state index in [4.69, 9.17) is 0 Å². The summed E-state index contributed by atoms with van der Waals surface area (Å²) < 4.78 is 0. The summed E-state index contributed by atoms with van der Waals surface area (Å²) >= 11 is 0. The molecule has 0 saturated heterocycles. The lowest BCUT2D eigenvalue weighted by Crippen LogP contribution is -2.18. The normalized spacial score (nSPS) is 9.44. The van der Waals surface area contributed by atoms with Crippen molar-refractivity contribution in [2.75, 3.05) is 0 Å². The van der Waals surface area contributed by atoms with Crippen molar-refractivity contribution in [2.45, 2.75) is 27.3 Å². The fraction of sp³-hybridized carbons (Fsp3) is 0.333. The second-order valence-electron chi connectivity index (χ2n) is 3.20. The molecule has 16 heavy (non-hydrogen) atoms. The van der Waals surface area contributed by atoms with Crippen LogP contribution in [0.4, 0.5) is 0 Å². The first-order chi connectivity index (χ1) is 7.75. The molecular formula is C12H17N3O. The van der Waals surface area contributed by atoms with Crippen LogP contribution in [0.3, 0.4) is 0 Å². The molecule has 0 aliphatic carbocycles. The summed E-state index contributed by atoms with van der Waals surface area (Å²) in [5.74, 6) is -0.0188. The number of carbonyl (C=O) groups excluding carboxylic acids is 1. The molecule has 1 aromatic carbocycles. The molecule has 2 aromatic rings. The van der Waals surface area contributed by atoms with Gasteiger partial charge in [0.15, 0.2) is 0 Å². The summed E-state index contributed by atoms with van der Waals surface area (Å²) in [5.41, 5.74) is 2.06. The number of nitrogens with zero attached hydrogens (tertiary/aromatic N) is 1. The molecule has 1 aromatic heterocycles. The number of nitrogens with one attached hydrogen (secondary N) is 2. The second-order valence-corrected chi connectivity index (χ2v) is 3.20. The molecule has 0 aliphatic heterocycles. The molecule has 0 radical (unpaired) electrons. The lowest BCUT2D eigenvalue weighted by molar-refractivity contribution is -0.119. The molecule has 0 unspecified atom stereocenters. The number of hydrogen-bond acceptors (Lipinski definition) is 2. The van der Waals surface area contributed by atoms with Gasteiger partial charge in [-0.15, -0.1) is 0 Å². The molecule has 0 fully saturated rings. The molecule has 1 amide bonds. The van der Waals surface area contributed by atoms with E-state index in [-0.39, 0.29) is 5.91 Å². The van der Waals surface area contributed by atoms with Crippen molar-refractivity contribution in [3.63, 3.8) is 0 Å². The Morgan fingerprint density at radius 1 is 1.44 bits per heavy atom. The highest BCUT2D eigenvalue weighted by Gasteiger charge is 1.98. The van der Waals surface area contributed by atoms with Crippen LogP contribution in [0.5, 0.6) is 0 Å². The van der Waals surface area contributed by atoms with Gasteiger partial charge in [0.2, 0.25) is 5.91 Å². The zero-order valence-electron chi connectivity index (χ0n) is 9.87. The molecule has 1 heterocycles. The van der Waals surface area contributed by atoms with Gasteiger partial charge in [-0.05, 0) is 11.6 Å². The van der Waals surface area contributed by atoms with Crippen LogP contribution < -0.4 is 5.32 Å². The minimum atomic E-state index is -0.0188. The Balaban J connectivity index is 0.000000606. The van der Waals surface area contributed by atoms with Gasteiger partial charge in [0.1, 0.15) is 0 Å². The fourth-order valence-corrected chi connectivity index (χ4v) is 1.32. The molecular weight excluding hydrogens is 202 g/mol. The van der Waals surface area contributed by atoms with E-state index in [2.05, 4.69) is 15.5 Å². The Labute approximate surface area is 95.1 Å². The molecule has 4 heteroatoms. The highest BCUT2D eigenvalue weighted by Crippen LogP contribution is 2.12. The van der Waals surface area contributed by atoms with Crippen LogP contribution in [-0.2, 0) is 11.3 Å². The zero-order valence-corrected chi connectivity index (χ0v) is 9.87. The molecule has 0 bridgehead atoms. The van der Waals surface area contributed by atoms with Crippen molar-refractivity contribution < 1.29 is 4.79 Å². The number of carbonyl (C=O) groups is 1. The van der Waals surface area contributed by atoms with Crippen molar-refractivity contribution in [3.8, 4) is 0 Å². The Morgan fingerprint density at radius 2 is 2.19 bits per heavy atom. The lowest BCUT2D eigenvalue weighted by Gasteiger charge is -2.01. The standard InChI is InChI=1S/C10H11N3O.C2H6/c1-7(14)11-5-8-2-3-9-6-12-13-10(9)4-8;1-2/h2-4,6H,5H2,1H3,(H,11,14)(H,12,13);1-2H3. The SMILES string of the molecule is CC.CC(=O)NCc1ccc2cn[nH]c2c1. The largest absolute Gasteiger partial charge is 0.352 e. The zero-order chi connectivity index (χ0) is 12.0. The smallest absolute Gasteiger partial charge is 0.217 e. The average Bonchev–Trinajstić information content (AvgIpc) is 2.76. The summed E-state index contributed by atoms with van der Waals surface area (Å²) in [7, 11) is 0. The summed E-state index contributed by atoms with van der Waals surface area (Å²) in [6, 6.07) is 5.95. The van der Waals surface area contributed by atoms with Crippen molar-refractivity contribution in [1.82, 2.24) is 15.5 Å². The number of hydrogen-bond donors (Lipinski definition) is 2. The monoisotopic (exact) mass is 219 g/mol. The molecule has 0 saturated carbocycles. The maximum absolute atomic E-state index is 10.7. The van der Waals surface area contributed by atoms with Gasteiger partial charge in [-0.3, -0.25) is 9.89 Å². The fourth-order valence-electron chi connectivity index (χ4n) is 1.32. The third kappa shape index (κ3) is 3.08. The first kappa shape index (κ1) is 12.2. The van der Waals surface area contributed by atoms with Crippen molar-refractivity contribution in [1.29, 1.82) is 0 Å². The van der Waals surface area contributed by atoms with Gasteiger partial charge in [-0.25, -0.2) is 0 Å². The number of fused-ring (bicyclic) bond motifs is 1. The number of amides is 1.